The Hall–Kier alpha value is -0.110. The highest BCUT2D eigenvalue weighted by Gasteiger charge is 2.31. The maximum atomic E-state index is 13.0. The van der Waals surface area contributed by atoms with E-state index >= 15 is 0 Å². The Morgan fingerprint density at radius 1 is 1.56 bits per heavy atom. The van der Waals surface area contributed by atoms with E-state index in [1.807, 2.05) is 0 Å². The van der Waals surface area contributed by atoms with Crippen molar-refractivity contribution in [1.29, 1.82) is 0 Å². The van der Waals surface area contributed by atoms with Crippen molar-refractivity contribution in [2.75, 3.05) is 13.2 Å². The lowest BCUT2D eigenvalue weighted by Crippen LogP contribution is -2.25. The number of halogens is 1. The SMILES string of the molecule is CC(C)(F)C1CCOC1. The molecule has 1 heterocycles. The van der Waals surface area contributed by atoms with E-state index in [-0.39, 0.29) is 5.92 Å². The first-order valence-corrected chi connectivity index (χ1v) is 3.37. The van der Waals surface area contributed by atoms with Gasteiger partial charge in [-0.25, -0.2) is 4.39 Å². The first-order valence-electron chi connectivity index (χ1n) is 3.37. The van der Waals surface area contributed by atoms with Crippen LogP contribution in [0.15, 0.2) is 0 Å². The summed E-state index contributed by atoms with van der Waals surface area (Å²) >= 11 is 0. The Morgan fingerprint density at radius 2 is 2.22 bits per heavy atom. The molecule has 0 bridgehead atoms. The number of hydrogen-bond donors (Lipinski definition) is 0. The maximum Gasteiger partial charge on any atom is 0.110 e. The van der Waals surface area contributed by atoms with Gasteiger partial charge in [0, 0.05) is 12.5 Å². The van der Waals surface area contributed by atoms with E-state index in [0.29, 0.717) is 6.61 Å². The highest BCUT2D eigenvalue weighted by molar-refractivity contribution is 4.80. The van der Waals surface area contributed by atoms with Crippen molar-refractivity contribution in [2.24, 2.45) is 5.92 Å². The maximum absolute atomic E-state index is 13.0. The zero-order valence-corrected chi connectivity index (χ0v) is 5.98. The summed E-state index contributed by atoms with van der Waals surface area (Å²) < 4.78 is 18.1. The zero-order chi connectivity index (χ0) is 6.91. The summed E-state index contributed by atoms with van der Waals surface area (Å²) in [5, 5.41) is 0. The van der Waals surface area contributed by atoms with Gasteiger partial charge in [-0.05, 0) is 20.3 Å². The van der Waals surface area contributed by atoms with Gasteiger partial charge in [-0.1, -0.05) is 0 Å². The number of rotatable bonds is 1. The zero-order valence-electron chi connectivity index (χ0n) is 5.98. The van der Waals surface area contributed by atoms with Crippen molar-refractivity contribution >= 4 is 0 Å². The molecule has 0 radical (unpaired) electrons. The van der Waals surface area contributed by atoms with E-state index in [1.54, 1.807) is 13.8 Å². The van der Waals surface area contributed by atoms with Crippen molar-refractivity contribution in [3.63, 3.8) is 0 Å². The largest absolute Gasteiger partial charge is 0.381 e. The molecule has 0 aromatic carbocycles. The molecule has 0 spiro atoms. The molecule has 1 nitrogen and oxygen atoms in total. The molecular weight excluding hydrogens is 119 g/mol. The Balaban J connectivity index is 2.42. The van der Waals surface area contributed by atoms with Crippen LogP contribution in [0.2, 0.25) is 0 Å². The highest BCUT2D eigenvalue weighted by Crippen LogP contribution is 2.28. The monoisotopic (exact) mass is 132 g/mol. The molecule has 0 saturated carbocycles. The van der Waals surface area contributed by atoms with Crippen molar-refractivity contribution in [3.05, 3.63) is 0 Å². The summed E-state index contributed by atoms with van der Waals surface area (Å²) in [5.74, 6) is 0.123. The van der Waals surface area contributed by atoms with Gasteiger partial charge < -0.3 is 4.74 Å². The fourth-order valence-corrected chi connectivity index (χ4v) is 1.08. The summed E-state index contributed by atoms with van der Waals surface area (Å²) in [6.07, 6.45) is 0.878. The average molecular weight is 132 g/mol. The minimum Gasteiger partial charge on any atom is -0.381 e. The lowest BCUT2D eigenvalue weighted by molar-refractivity contribution is 0.101. The third-order valence-corrected chi connectivity index (χ3v) is 1.90. The second-order valence-corrected chi connectivity index (χ2v) is 3.12. The van der Waals surface area contributed by atoms with Gasteiger partial charge in [0.2, 0.25) is 0 Å². The van der Waals surface area contributed by atoms with Crippen molar-refractivity contribution in [3.8, 4) is 0 Å². The van der Waals surface area contributed by atoms with Crippen LogP contribution in [0.1, 0.15) is 20.3 Å². The summed E-state index contributed by atoms with van der Waals surface area (Å²) in [6.45, 7) is 4.57. The second-order valence-electron chi connectivity index (χ2n) is 3.12. The van der Waals surface area contributed by atoms with Gasteiger partial charge in [0.1, 0.15) is 5.67 Å². The average Bonchev–Trinajstić information content (AvgIpc) is 2.08. The Morgan fingerprint density at radius 3 is 2.44 bits per heavy atom. The topological polar surface area (TPSA) is 9.23 Å². The molecule has 2 heteroatoms. The summed E-state index contributed by atoms with van der Waals surface area (Å²) in [7, 11) is 0. The molecule has 0 N–H and O–H groups in total. The number of hydrogen-bond acceptors (Lipinski definition) is 1. The fourth-order valence-electron chi connectivity index (χ4n) is 1.08. The van der Waals surface area contributed by atoms with Crippen LogP contribution in [0, 0.1) is 5.92 Å². The predicted molar refractivity (Wildman–Crippen MR) is 34.1 cm³/mol. The van der Waals surface area contributed by atoms with Crippen LogP contribution in [0.3, 0.4) is 0 Å². The van der Waals surface area contributed by atoms with E-state index in [2.05, 4.69) is 0 Å². The first kappa shape index (κ1) is 7.00. The molecule has 1 fully saturated rings. The van der Waals surface area contributed by atoms with Gasteiger partial charge in [-0.15, -0.1) is 0 Å². The van der Waals surface area contributed by atoms with E-state index < -0.39 is 5.67 Å². The van der Waals surface area contributed by atoms with Crippen LogP contribution in [-0.4, -0.2) is 18.9 Å². The first-order chi connectivity index (χ1) is 4.11. The van der Waals surface area contributed by atoms with Crippen molar-refractivity contribution < 1.29 is 9.13 Å². The summed E-state index contributed by atoms with van der Waals surface area (Å²) in [4.78, 5) is 0. The molecule has 1 atom stereocenters. The van der Waals surface area contributed by atoms with Crippen LogP contribution >= 0.6 is 0 Å². The molecule has 0 aromatic rings. The highest BCUT2D eigenvalue weighted by atomic mass is 19.1. The molecule has 9 heavy (non-hydrogen) atoms. The molecule has 0 amide bonds. The lowest BCUT2D eigenvalue weighted by Gasteiger charge is -2.20. The fraction of sp³-hybridized carbons (Fsp3) is 1.00. The lowest BCUT2D eigenvalue weighted by atomic mass is 9.92. The minimum absolute atomic E-state index is 0.123. The van der Waals surface area contributed by atoms with Crippen LogP contribution in [-0.2, 0) is 4.74 Å². The smallest absolute Gasteiger partial charge is 0.110 e. The van der Waals surface area contributed by atoms with Crippen LogP contribution in [0.4, 0.5) is 4.39 Å². The summed E-state index contributed by atoms with van der Waals surface area (Å²) in [6, 6.07) is 0. The Bertz CT molecular complexity index is 89.6. The van der Waals surface area contributed by atoms with Gasteiger partial charge in [0.15, 0.2) is 0 Å². The quantitative estimate of drug-likeness (QED) is 0.528. The Labute approximate surface area is 55.2 Å². The Kier molecular flexibility index (Phi) is 1.75. The third kappa shape index (κ3) is 1.65. The van der Waals surface area contributed by atoms with E-state index in [0.717, 1.165) is 13.0 Å². The van der Waals surface area contributed by atoms with Crippen molar-refractivity contribution in [2.45, 2.75) is 25.9 Å². The normalized spacial score (nSPS) is 29.0. The third-order valence-electron chi connectivity index (χ3n) is 1.90. The molecule has 1 aliphatic rings. The van der Waals surface area contributed by atoms with Gasteiger partial charge in [-0.2, -0.15) is 0 Å². The molecule has 1 unspecified atom stereocenters. The molecule has 1 saturated heterocycles. The van der Waals surface area contributed by atoms with Gasteiger partial charge in [0.25, 0.3) is 0 Å². The molecule has 54 valence electrons. The summed E-state index contributed by atoms with van der Waals surface area (Å²) in [5.41, 5.74) is -1.05. The van der Waals surface area contributed by atoms with Gasteiger partial charge >= 0.3 is 0 Å². The predicted octanol–water partition coefficient (Wildman–Crippen LogP) is 1.77. The number of alkyl halides is 1. The van der Waals surface area contributed by atoms with E-state index in [4.69, 9.17) is 4.74 Å². The molecule has 0 aliphatic carbocycles. The molecule has 1 aliphatic heterocycles. The second kappa shape index (κ2) is 2.25. The van der Waals surface area contributed by atoms with Crippen molar-refractivity contribution in [1.82, 2.24) is 0 Å². The van der Waals surface area contributed by atoms with Gasteiger partial charge in [-0.3, -0.25) is 0 Å². The standard InChI is InChI=1S/C7H13FO/c1-7(2,8)6-3-4-9-5-6/h6H,3-5H2,1-2H3. The van der Waals surface area contributed by atoms with Crippen LogP contribution in [0.25, 0.3) is 0 Å². The van der Waals surface area contributed by atoms with Crippen LogP contribution < -0.4 is 0 Å². The molecular formula is C7H13FO. The van der Waals surface area contributed by atoms with Gasteiger partial charge in [0.05, 0.1) is 6.61 Å². The minimum atomic E-state index is -1.05. The molecule has 0 aromatic heterocycles. The number of ether oxygens (including phenoxy) is 1. The van der Waals surface area contributed by atoms with Crippen LogP contribution in [0.5, 0.6) is 0 Å². The molecule has 1 rings (SSSR count). The van der Waals surface area contributed by atoms with E-state index in [9.17, 15) is 4.39 Å². The van der Waals surface area contributed by atoms with E-state index in [1.165, 1.54) is 0 Å².